The molecule has 0 atom stereocenters. The summed E-state index contributed by atoms with van der Waals surface area (Å²) in [6, 6.07) is 8.98. The number of halogens is 1. The number of ketones is 1. The van der Waals surface area contributed by atoms with Gasteiger partial charge in [-0.3, -0.25) is 4.79 Å². The number of hydrogen-bond donors (Lipinski definition) is 0. The van der Waals surface area contributed by atoms with E-state index in [9.17, 15) is 4.79 Å². The summed E-state index contributed by atoms with van der Waals surface area (Å²) < 4.78 is 7.29. The maximum atomic E-state index is 11.9. The molecule has 0 aliphatic carbocycles. The summed E-state index contributed by atoms with van der Waals surface area (Å²) in [4.78, 5) is 11.9. The van der Waals surface area contributed by atoms with Gasteiger partial charge in [-0.25, -0.2) is 0 Å². The zero-order chi connectivity index (χ0) is 13.1. The summed E-state index contributed by atoms with van der Waals surface area (Å²) in [5, 5.41) is 0.599. The average Bonchev–Trinajstić information content (AvgIpc) is 2.76. The minimum Gasteiger partial charge on any atom is -0.485 e. The number of aromatic nitrogens is 1. The molecule has 4 heteroatoms. The van der Waals surface area contributed by atoms with Crippen molar-refractivity contribution in [2.24, 2.45) is 7.05 Å². The quantitative estimate of drug-likeness (QED) is 0.793. The number of carbonyl (C=O) groups is 1. The molecule has 0 fully saturated rings. The van der Waals surface area contributed by atoms with E-state index in [-0.39, 0.29) is 12.4 Å². The van der Waals surface area contributed by atoms with E-state index in [0.29, 0.717) is 16.5 Å². The van der Waals surface area contributed by atoms with Crippen LogP contribution in [0.15, 0.2) is 36.5 Å². The molecule has 0 saturated heterocycles. The van der Waals surface area contributed by atoms with E-state index in [1.807, 2.05) is 32.3 Å². The first-order valence-electron chi connectivity index (χ1n) is 5.61. The van der Waals surface area contributed by atoms with Crippen molar-refractivity contribution in [2.75, 3.05) is 6.61 Å². The molecule has 0 bridgehead atoms. The van der Waals surface area contributed by atoms with Gasteiger partial charge in [-0.15, -0.1) is 0 Å². The molecule has 2 rings (SSSR count). The first-order valence-corrected chi connectivity index (χ1v) is 5.99. The molecule has 18 heavy (non-hydrogen) atoms. The second-order valence-corrected chi connectivity index (χ2v) is 4.56. The maximum Gasteiger partial charge on any atom is 0.216 e. The fourth-order valence-electron chi connectivity index (χ4n) is 1.70. The number of carbonyl (C=O) groups excluding carboxylic acids is 1. The topological polar surface area (TPSA) is 31.2 Å². The predicted molar refractivity (Wildman–Crippen MR) is 71.4 cm³/mol. The van der Waals surface area contributed by atoms with Crippen LogP contribution in [0, 0.1) is 6.92 Å². The van der Waals surface area contributed by atoms with Gasteiger partial charge in [0.2, 0.25) is 5.78 Å². The first-order chi connectivity index (χ1) is 8.58. The van der Waals surface area contributed by atoms with Gasteiger partial charge >= 0.3 is 0 Å². The Hall–Kier alpha value is -1.74. The summed E-state index contributed by atoms with van der Waals surface area (Å²) in [6.45, 7) is 1.93. The van der Waals surface area contributed by atoms with Gasteiger partial charge < -0.3 is 9.30 Å². The van der Waals surface area contributed by atoms with Crippen LogP contribution in [-0.2, 0) is 7.05 Å². The van der Waals surface area contributed by atoms with Crippen LogP contribution in [0.5, 0.6) is 5.75 Å². The lowest BCUT2D eigenvalue weighted by Crippen LogP contribution is -2.15. The van der Waals surface area contributed by atoms with Gasteiger partial charge in [0.05, 0.1) is 5.69 Å². The molecule has 0 N–H and O–H groups in total. The Labute approximate surface area is 111 Å². The Kier molecular flexibility index (Phi) is 3.72. The van der Waals surface area contributed by atoms with Gasteiger partial charge in [0, 0.05) is 18.3 Å². The standard InChI is InChI=1S/C14H14ClNO2/c1-10-5-6-11(15)8-14(10)18-9-13(17)12-4-3-7-16(12)2/h3-8H,9H2,1-2H3. The second-order valence-electron chi connectivity index (χ2n) is 4.13. The van der Waals surface area contributed by atoms with Crippen molar-refractivity contribution < 1.29 is 9.53 Å². The molecule has 0 amide bonds. The highest BCUT2D eigenvalue weighted by molar-refractivity contribution is 6.30. The Morgan fingerprint density at radius 2 is 2.17 bits per heavy atom. The second kappa shape index (κ2) is 5.27. The monoisotopic (exact) mass is 263 g/mol. The third-order valence-corrected chi connectivity index (χ3v) is 2.97. The normalized spacial score (nSPS) is 10.4. The SMILES string of the molecule is Cc1ccc(Cl)cc1OCC(=O)c1cccn1C. The molecule has 1 heterocycles. The summed E-state index contributed by atoms with van der Waals surface area (Å²) in [6.07, 6.45) is 1.83. The number of ether oxygens (including phenoxy) is 1. The Morgan fingerprint density at radius 1 is 1.39 bits per heavy atom. The van der Waals surface area contributed by atoms with E-state index < -0.39 is 0 Å². The molecule has 0 radical (unpaired) electrons. The molecule has 0 saturated carbocycles. The van der Waals surface area contributed by atoms with E-state index in [2.05, 4.69) is 0 Å². The molecule has 0 unspecified atom stereocenters. The number of benzene rings is 1. The lowest BCUT2D eigenvalue weighted by atomic mass is 10.2. The van der Waals surface area contributed by atoms with Gasteiger partial charge in [0.25, 0.3) is 0 Å². The summed E-state index contributed by atoms with van der Waals surface area (Å²) in [5.74, 6) is 0.590. The van der Waals surface area contributed by atoms with Gasteiger partial charge in [0.15, 0.2) is 6.61 Å². The van der Waals surface area contributed by atoms with Crippen molar-refractivity contribution in [3.8, 4) is 5.75 Å². The van der Waals surface area contributed by atoms with Gasteiger partial charge in [-0.05, 0) is 36.8 Å². The smallest absolute Gasteiger partial charge is 0.216 e. The van der Waals surface area contributed by atoms with Crippen LogP contribution in [0.4, 0.5) is 0 Å². The fourth-order valence-corrected chi connectivity index (χ4v) is 1.86. The van der Waals surface area contributed by atoms with Crippen molar-refractivity contribution in [3.05, 3.63) is 52.8 Å². The minimum atomic E-state index is -0.0538. The van der Waals surface area contributed by atoms with Crippen molar-refractivity contribution in [2.45, 2.75) is 6.92 Å². The third kappa shape index (κ3) is 2.74. The van der Waals surface area contributed by atoms with Crippen molar-refractivity contribution >= 4 is 17.4 Å². The van der Waals surface area contributed by atoms with Crippen LogP contribution in [-0.4, -0.2) is 17.0 Å². The molecule has 94 valence electrons. The Balaban J connectivity index is 2.06. The Bertz CT molecular complexity index is 575. The molecular weight excluding hydrogens is 250 g/mol. The number of hydrogen-bond acceptors (Lipinski definition) is 2. The van der Waals surface area contributed by atoms with E-state index >= 15 is 0 Å². The van der Waals surface area contributed by atoms with Crippen molar-refractivity contribution in [1.29, 1.82) is 0 Å². The summed E-state index contributed by atoms with van der Waals surface area (Å²) in [7, 11) is 1.83. The number of Topliss-reactive ketones (excluding diaryl/α,β-unsaturated/α-hetero) is 1. The van der Waals surface area contributed by atoms with Crippen LogP contribution in [0.1, 0.15) is 16.1 Å². The van der Waals surface area contributed by atoms with E-state index in [1.54, 1.807) is 22.8 Å². The van der Waals surface area contributed by atoms with Crippen molar-refractivity contribution in [3.63, 3.8) is 0 Å². The van der Waals surface area contributed by atoms with E-state index in [1.165, 1.54) is 0 Å². The average molecular weight is 264 g/mol. The highest BCUT2D eigenvalue weighted by atomic mass is 35.5. The molecule has 1 aromatic heterocycles. The molecule has 2 aromatic rings. The van der Waals surface area contributed by atoms with Gasteiger partial charge in [-0.2, -0.15) is 0 Å². The molecular formula is C14H14ClNO2. The fraction of sp³-hybridized carbons (Fsp3) is 0.214. The van der Waals surface area contributed by atoms with E-state index in [4.69, 9.17) is 16.3 Å². The highest BCUT2D eigenvalue weighted by Crippen LogP contribution is 2.22. The minimum absolute atomic E-state index is 0.0129. The maximum absolute atomic E-state index is 11.9. The van der Waals surface area contributed by atoms with Gasteiger partial charge in [0.1, 0.15) is 5.75 Å². The lowest BCUT2D eigenvalue weighted by Gasteiger charge is -2.09. The van der Waals surface area contributed by atoms with Crippen molar-refractivity contribution in [1.82, 2.24) is 4.57 Å². The number of aryl methyl sites for hydroxylation is 2. The first kappa shape index (κ1) is 12.7. The number of nitrogens with zero attached hydrogens (tertiary/aromatic N) is 1. The van der Waals surface area contributed by atoms with Crippen LogP contribution >= 0.6 is 11.6 Å². The molecule has 0 aliphatic heterocycles. The summed E-state index contributed by atoms with van der Waals surface area (Å²) >= 11 is 5.89. The molecule has 0 aliphatic rings. The predicted octanol–water partition coefficient (Wildman–Crippen LogP) is 3.25. The summed E-state index contributed by atoms with van der Waals surface area (Å²) in [5.41, 5.74) is 1.59. The van der Waals surface area contributed by atoms with Crippen LogP contribution in [0.3, 0.4) is 0 Å². The van der Waals surface area contributed by atoms with Crippen LogP contribution in [0.25, 0.3) is 0 Å². The van der Waals surface area contributed by atoms with Crippen LogP contribution in [0.2, 0.25) is 5.02 Å². The molecule has 1 aromatic carbocycles. The van der Waals surface area contributed by atoms with Gasteiger partial charge in [-0.1, -0.05) is 17.7 Å². The number of rotatable bonds is 4. The zero-order valence-electron chi connectivity index (χ0n) is 10.3. The molecule has 0 spiro atoms. The third-order valence-electron chi connectivity index (χ3n) is 2.74. The van der Waals surface area contributed by atoms with Crippen LogP contribution < -0.4 is 4.74 Å². The highest BCUT2D eigenvalue weighted by Gasteiger charge is 2.10. The Morgan fingerprint density at radius 3 is 2.83 bits per heavy atom. The lowest BCUT2D eigenvalue weighted by molar-refractivity contribution is 0.0913. The van der Waals surface area contributed by atoms with E-state index in [0.717, 1.165) is 5.56 Å². The zero-order valence-corrected chi connectivity index (χ0v) is 11.1. The molecule has 3 nitrogen and oxygen atoms in total. The largest absolute Gasteiger partial charge is 0.485 e.